The van der Waals surface area contributed by atoms with Crippen molar-refractivity contribution in [2.45, 2.75) is 45.7 Å². The van der Waals surface area contributed by atoms with Crippen molar-refractivity contribution in [1.82, 2.24) is 10.2 Å². The molecule has 0 aliphatic heterocycles. The Balaban J connectivity index is 4.67. The Morgan fingerprint density at radius 2 is 1.74 bits per heavy atom. The van der Waals surface area contributed by atoms with Gasteiger partial charge in [0.1, 0.15) is 0 Å². The van der Waals surface area contributed by atoms with Gasteiger partial charge in [-0.2, -0.15) is 0 Å². The van der Waals surface area contributed by atoms with Crippen LogP contribution in [0.3, 0.4) is 0 Å². The molecule has 19 heavy (non-hydrogen) atoms. The Kier molecular flexibility index (Phi) is 7.74. The Bertz CT molecular complexity index is 313. The van der Waals surface area contributed by atoms with E-state index in [-0.39, 0.29) is 18.5 Å². The Morgan fingerprint density at radius 3 is 2.11 bits per heavy atom. The predicted molar refractivity (Wildman–Crippen MR) is 70.4 cm³/mol. The zero-order valence-electron chi connectivity index (χ0n) is 11.7. The van der Waals surface area contributed by atoms with Crippen molar-refractivity contribution in [1.29, 1.82) is 0 Å². The maximum atomic E-state index is 12.0. The monoisotopic (exact) mass is 273 g/mol. The first-order chi connectivity index (χ1) is 8.81. The molecule has 0 radical (unpaired) electrons. The number of rotatable bonds is 9. The highest BCUT2D eigenvalue weighted by atomic mass is 16.4. The number of hydrogen-bond donors (Lipinski definition) is 3. The first kappa shape index (κ1) is 17.4. The zero-order valence-corrected chi connectivity index (χ0v) is 11.7. The van der Waals surface area contributed by atoms with Crippen LogP contribution in [0.1, 0.15) is 33.6 Å². The van der Waals surface area contributed by atoms with Crippen LogP contribution in [0.2, 0.25) is 0 Å². The van der Waals surface area contributed by atoms with Crippen LogP contribution in [0.4, 0.5) is 0 Å². The van der Waals surface area contributed by atoms with Gasteiger partial charge in [0.05, 0.1) is 19.1 Å². The van der Waals surface area contributed by atoms with Gasteiger partial charge in [-0.3, -0.25) is 19.3 Å². The van der Waals surface area contributed by atoms with Crippen molar-refractivity contribution in [3.8, 4) is 0 Å². The summed E-state index contributed by atoms with van der Waals surface area (Å²) in [5, 5.41) is 11.6. The summed E-state index contributed by atoms with van der Waals surface area (Å²) in [6, 6.07) is -0.667. The number of nitrogens with two attached hydrogens (primary N) is 1. The van der Waals surface area contributed by atoms with E-state index in [0.29, 0.717) is 0 Å². The quantitative estimate of drug-likeness (QED) is 0.526. The van der Waals surface area contributed by atoms with Crippen LogP contribution < -0.4 is 11.1 Å². The van der Waals surface area contributed by atoms with Gasteiger partial charge in [-0.25, -0.2) is 0 Å². The third-order valence-corrected chi connectivity index (χ3v) is 2.96. The molecule has 2 amide bonds. The van der Waals surface area contributed by atoms with Gasteiger partial charge in [-0.15, -0.1) is 0 Å². The van der Waals surface area contributed by atoms with Gasteiger partial charge in [0.15, 0.2) is 0 Å². The van der Waals surface area contributed by atoms with Crippen molar-refractivity contribution in [2.75, 3.05) is 13.1 Å². The number of nitrogens with zero attached hydrogens (tertiary/aromatic N) is 1. The molecule has 0 aromatic rings. The molecule has 1 atom stereocenters. The summed E-state index contributed by atoms with van der Waals surface area (Å²) in [6.45, 7) is 4.81. The highest BCUT2D eigenvalue weighted by Gasteiger charge is 2.25. The minimum absolute atomic E-state index is 0.0511. The molecule has 0 aromatic carbocycles. The van der Waals surface area contributed by atoms with Crippen LogP contribution in [0.25, 0.3) is 0 Å². The molecule has 0 fully saturated rings. The van der Waals surface area contributed by atoms with Crippen molar-refractivity contribution in [3.63, 3.8) is 0 Å². The SMILES string of the molecule is CCC(CC)NC(=O)C(C)N(CC(N)=O)CC(=O)O. The van der Waals surface area contributed by atoms with Crippen molar-refractivity contribution in [3.05, 3.63) is 0 Å². The zero-order chi connectivity index (χ0) is 15.0. The first-order valence-electron chi connectivity index (χ1n) is 6.36. The highest BCUT2D eigenvalue weighted by Crippen LogP contribution is 2.02. The lowest BCUT2D eigenvalue weighted by Gasteiger charge is -2.27. The summed E-state index contributed by atoms with van der Waals surface area (Å²) in [5.74, 6) is -2.07. The van der Waals surface area contributed by atoms with E-state index in [4.69, 9.17) is 10.8 Å². The molecule has 0 saturated heterocycles. The average Bonchev–Trinajstić information content (AvgIpc) is 2.32. The van der Waals surface area contributed by atoms with E-state index >= 15 is 0 Å². The van der Waals surface area contributed by atoms with Crippen molar-refractivity contribution < 1.29 is 19.5 Å². The van der Waals surface area contributed by atoms with Crippen LogP contribution in [0.15, 0.2) is 0 Å². The number of hydrogen-bond acceptors (Lipinski definition) is 4. The number of amides is 2. The second-order valence-corrected chi connectivity index (χ2v) is 4.46. The largest absolute Gasteiger partial charge is 0.480 e. The van der Waals surface area contributed by atoms with Gasteiger partial charge >= 0.3 is 5.97 Å². The molecule has 7 nitrogen and oxygen atoms in total. The lowest BCUT2D eigenvalue weighted by atomic mass is 10.1. The molecular weight excluding hydrogens is 250 g/mol. The maximum absolute atomic E-state index is 12.0. The molecular formula is C12H23N3O4. The van der Waals surface area contributed by atoms with Crippen LogP contribution in [0, 0.1) is 0 Å². The van der Waals surface area contributed by atoms with Gasteiger partial charge in [0.2, 0.25) is 11.8 Å². The number of carboxylic acid groups (broad SMARTS) is 1. The molecule has 0 rings (SSSR count). The fourth-order valence-electron chi connectivity index (χ4n) is 1.68. The lowest BCUT2D eigenvalue weighted by molar-refractivity contribution is -0.140. The van der Waals surface area contributed by atoms with Gasteiger partial charge < -0.3 is 16.2 Å². The predicted octanol–water partition coefficient (Wildman–Crippen LogP) is -0.448. The smallest absolute Gasteiger partial charge is 0.317 e. The van der Waals surface area contributed by atoms with E-state index in [0.717, 1.165) is 12.8 Å². The average molecular weight is 273 g/mol. The summed E-state index contributed by atoms with van der Waals surface area (Å²) in [6.07, 6.45) is 1.59. The van der Waals surface area contributed by atoms with Gasteiger partial charge in [0, 0.05) is 6.04 Å². The van der Waals surface area contributed by atoms with E-state index in [1.54, 1.807) is 6.92 Å². The van der Waals surface area contributed by atoms with Gasteiger partial charge in [0.25, 0.3) is 0 Å². The maximum Gasteiger partial charge on any atom is 0.317 e. The third kappa shape index (κ3) is 6.76. The minimum atomic E-state index is -1.11. The number of aliphatic carboxylic acids is 1. The van der Waals surface area contributed by atoms with E-state index < -0.39 is 24.5 Å². The summed E-state index contributed by atoms with van der Waals surface area (Å²) in [4.78, 5) is 34.9. The van der Waals surface area contributed by atoms with Crippen molar-refractivity contribution >= 4 is 17.8 Å². The normalized spacial score (nSPS) is 12.5. The summed E-state index contributed by atoms with van der Waals surface area (Å²) < 4.78 is 0. The number of carboxylic acids is 1. The molecule has 0 spiro atoms. The highest BCUT2D eigenvalue weighted by molar-refractivity contribution is 5.84. The number of nitrogens with one attached hydrogen (secondary N) is 1. The fraction of sp³-hybridized carbons (Fsp3) is 0.750. The van der Waals surface area contributed by atoms with Gasteiger partial charge in [-0.1, -0.05) is 13.8 Å². The van der Waals surface area contributed by atoms with Crippen LogP contribution in [-0.2, 0) is 14.4 Å². The van der Waals surface area contributed by atoms with Crippen molar-refractivity contribution in [2.24, 2.45) is 5.73 Å². The Morgan fingerprint density at radius 1 is 1.21 bits per heavy atom. The minimum Gasteiger partial charge on any atom is -0.480 e. The number of carbonyl (C=O) groups excluding carboxylic acids is 2. The first-order valence-corrected chi connectivity index (χ1v) is 6.36. The van der Waals surface area contributed by atoms with Gasteiger partial charge in [-0.05, 0) is 19.8 Å². The van der Waals surface area contributed by atoms with Crippen LogP contribution >= 0.6 is 0 Å². The topological polar surface area (TPSA) is 113 Å². The second kappa shape index (κ2) is 8.47. The molecule has 7 heteroatoms. The molecule has 0 saturated carbocycles. The fourth-order valence-corrected chi connectivity index (χ4v) is 1.68. The molecule has 1 unspecified atom stereocenters. The Hall–Kier alpha value is -1.63. The Labute approximate surface area is 113 Å². The van der Waals surface area contributed by atoms with E-state index in [2.05, 4.69) is 5.32 Å². The van der Waals surface area contributed by atoms with E-state index in [9.17, 15) is 14.4 Å². The number of primary amides is 1. The third-order valence-electron chi connectivity index (χ3n) is 2.96. The molecule has 110 valence electrons. The summed E-state index contributed by atoms with van der Waals surface area (Å²) in [7, 11) is 0. The molecule has 0 aliphatic carbocycles. The molecule has 4 N–H and O–H groups in total. The molecule has 0 aliphatic rings. The summed E-state index contributed by atoms with van der Waals surface area (Å²) >= 11 is 0. The van der Waals surface area contributed by atoms with Crippen LogP contribution in [-0.4, -0.2) is 53.0 Å². The number of carbonyl (C=O) groups is 3. The second-order valence-electron chi connectivity index (χ2n) is 4.46. The molecule has 0 aromatic heterocycles. The molecule has 0 heterocycles. The van der Waals surface area contributed by atoms with E-state index in [1.165, 1.54) is 4.90 Å². The lowest BCUT2D eigenvalue weighted by Crippen LogP contribution is -2.51. The summed E-state index contributed by atoms with van der Waals surface area (Å²) in [5.41, 5.74) is 5.06. The van der Waals surface area contributed by atoms with Crippen LogP contribution in [0.5, 0.6) is 0 Å². The van der Waals surface area contributed by atoms with E-state index in [1.807, 2.05) is 13.8 Å². The standard InChI is InChI=1S/C12H23N3O4/c1-4-9(5-2)14-12(19)8(3)15(6-10(13)16)7-11(17)18/h8-9H,4-7H2,1-3H3,(H2,13,16)(H,14,19)(H,17,18). The molecule has 0 bridgehead atoms.